The van der Waals surface area contributed by atoms with Crippen molar-refractivity contribution in [1.82, 2.24) is 9.97 Å². The van der Waals surface area contributed by atoms with E-state index in [2.05, 4.69) is 25.9 Å². The second-order valence-corrected chi connectivity index (χ2v) is 6.10. The number of H-pyrrole nitrogens is 1. The maximum absolute atomic E-state index is 11.4. The van der Waals surface area contributed by atoms with Crippen LogP contribution in [-0.2, 0) is 0 Å². The summed E-state index contributed by atoms with van der Waals surface area (Å²) < 4.78 is 0.901. The fraction of sp³-hybridized carbons (Fsp3) is 0.231. The molecule has 1 atom stereocenters. The Morgan fingerprint density at radius 2 is 2.16 bits per heavy atom. The monoisotopic (exact) mass is 340 g/mol. The minimum absolute atomic E-state index is 0.175. The van der Waals surface area contributed by atoms with E-state index in [0.29, 0.717) is 10.9 Å². The molecule has 6 heteroatoms. The van der Waals surface area contributed by atoms with Gasteiger partial charge in [0, 0.05) is 21.1 Å². The molecule has 100 valence electrons. The zero-order valence-electron chi connectivity index (χ0n) is 10.5. The topological polar surface area (TPSA) is 66.0 Å². The van der Waals surface area contributed by atoms with Crippen molar-refractivity contribution in [1.29, 1.82) is 0 Å². The molecule has 2 rings (SSSR count). The summed E-state index contributed by atoms with van der Waals surface area (Å²) in [6, 6.07) is 7.09. The molecule has 1 aromatic heterocycles. The third-order valence-electron chi connectivity index (χ3n) is 2.48. The highest BCUT2D eigenvalue weighted by Gasteiger charge is 2.11. The first-order valence-electron chi connectivity index (χ1n) is 5.69. The van der Waals surface area contributed by atoms with Gasteiger partial charge in [-0.3, -0.25) is 4.79 Å². The van der Waals surface area contributed by atoms with Gasteiger partial charge >= 0.3 is 0 Å². The molecule has 1 heterocycles. The summed E-state index contributed by atoms with van der Waals surface area (Å²) in [5, 5.41) is 10.3. The van der Waals surface area contributed by atoms with Crippen LogP contribution < -0.4 is 5.56 Å². The van der Waals surface area contributed by atoms with Gasteiger partial charge in [-0.2, -0.15) is 0 Å². The van der Waals surface area contributed by atoms with E-state index in [4.69, 9.17) is 0 Å². The van der Waals surface area contributed by atoms with Gasteiger partial charge in [-0.25, -0.2) is 4.98 Å². The molecular formula is C13H13BrN2O2S. The molecule has 1 unspecified atom stereocenters. The van der Waals surface area contributed by atoms with Crippen LogP contribution >= 0.6 is 27.7 Å². The Morgan fingerprint density at radius 3 is 2.79 bits per heavy atom. The van der Waals surface area contributed by atoms with Gasteiger partial charge in [-0.05, 0) is 37.6 Å². The Hall–Kier alpha value is -1.11. The maximum Gasteiger partial charge on any atom is 0.251 e. The molecule has 0 radical (unpaired) electrons. The summed E-state index contributed by atoms with van der Waals surface area (Å²) >= 11 is 4.71. The van der Waals surface area contributed by atoms with Crippen LogP contribution in [0.3, 0.4) is 0 Å². The number of rotatable bonds is 3. The Balaban J connectivity index is 2.40. The van der Waals surface area contributed by atoms with Crippen LogP contribution in [0.25, 0.3) is 0 Å². The molecule has 2 aromatic rings. The number of aliphatic hydroxyl groups is 1. The van der Waals surface area contributed by atoms with E-state index in [9.17, 15) is 9.90 Å². The van der Waals surface area contributed by atoms with Gasteiger partial charge in [0.2, 0.25) is 0 Å². The van der Waals surface area contributed by atoms with Crippen molar-refractivity contribution in [3.63, 3.8) is 0 Å². The number of aliphatic hydroxyl groups excluding tert-OH is 1. The molecule has 4 nitrogen and oxygen atoms in total. The van der Waals surface area contributed by atoms with Crippen LogP contribution in [-0.4, -0.2) is 15.1 Å². The molecule has 1 aromatic carbocycles. The molecule has 0 spiro atoms. The molecule has 2 N–H and O–H groups in total. The molecule has 0 fully saturated rings. The lowest BCUT2D eigenvalue weighted by Gasteiger charge is -2.11. The minimum atomic E-state index is -0.587. The SMILES string of the molecule is Cc1cc(=O)[nH]c(Sc2ccc(Br)cc2C(C)O)n1. The molecule has 0 saturated carbocycles. The maximum atomic E-state index is 11.4. The van der Waals surface area contributed by atoms with Crippen LogP contribution in [0.5, 0.6) is 0 Å². The zero-order valence-corrected chi connectivity index (χ0v) is 12.9. The molecule has 0 aliphatic heterocycles. The quantitative estimate of drug-likeness (QED) is 0.842. The second-order valence-electron chi connectivity index (χ2n) is 4.15. The average molecular weight is 341 g/mol. The predicted molar refractivity (Wildman–Crippen MR) is 78.5 cm³/mol. The summed E-state index contributed by atoms with van der Waals surface area (Å²) in [7, 11) is 0. The van der Waals surface area contributed by atoms with Gasteiger partial charge in [0.25, 0.3) is 5.56 Å². The summed E-state index contributed by atoms with van der Waals surface area (Å²) in [5.74, 6) is 0. The Bertz CT molecular complexity index is 655. The highest BCUT2D eigenvalue weighted by molar-refractivity contribution is 9.10. The number of nitrogens with one attached hydrogen (secondary N) is 1. The first kappa shape index (κ1) is 14.3. The molecule has 0 bridgehead atoms. The van der Waals surface area contributed by atoms with E-state index < -0.39 is 6.10 Å². The first-order valence-corrected chi connectivity index (χ1v) is 7.30. The summed E-state index contributed by atoms with van der Waals surface area (Å²) in [6.45, 7) is 3.48. The number of nitrogens with zero attached hydrogens (tertiary/aromatic N) is 1. The first-order chi connectivity index (χ1) is 8.95. The van der Waals surface area contributed by atoms with E-state index in [1.165, 1.54) is 17.8 Å². The number of aryl methyl sites for hydroxylation is 1. The van der Waals surface area contributed by atoms with Gasteiger partial charge in [0.1, 0.15) is 0 Å². The third-order valence-corrected chi connectivity index (χ3v) is 3.95. The smallest absolute Gasteiger partial charge is 0.251 e. The van der Waals surface area contributed by atoms with Crippen molar-refractivity contribution in [2.45, 2.75) is 30.0 Å². The van der Waals surface area contributed by atoms with Gasteiger partial charge in [0.15, 0.2) is 5.16 Å². The number of hydrogen-bond acceptors (Lipinski definition) is 4. The molecular weight excluding hydrogens is 328 g/mol. The summed E-state index contributed by atoms with van der Waals surface area (Å²) in [6.07, 6.45) is -0.587. The van der Waals surface area contributed by atoms with E-state index in [-0.39, 0.29) is 5.56 Å². The molecule has 0 aliphatic carbocycles. The van der Waals surface area contributed by atoms with Crippen molar-refractivity contribution in [3.8, 4) is 0 Å². The fourth-order valence-electron chi connectivity index (χ4n) is 1.64. The van der Waals surface area contributed by atoms with E-state index in [1.807, 2.05) is 18.2 Å². The van der Waals surface area contributed by atoms with Crippen molar-refractivity contribution < 1.29 is 5.11 Å². The number of halogens is 1. The fourth-order valence-corrected chi connectivity index (χ4v) is 3.05. The normalized spacial score (nSPS) is 12.4. The van der Waals surface area contributed by atoms with Crippen molar-refractivity contribution >= 4 is 27.7 Å². The highest BCUT2D eigenvalue weighted by Crippen LogP contribution is 2.33. The molecule has 19 heavy (non-hydrogen) atoms. The summed E-state index contributed by atoms with van der Waals surface area (Å²) in [5.41, 5.74) is 1.29. The van der Waals surface area contributed by atoms with Crippen LogP contribution in [0.4, 0.5) is 0 Å². The van der Waals surface area contributed by atoms with E-state index in [1.54, 1.807) is 13.8 Å². The lowest BCUT2D eigenvalue weighted by molar-refractivity contribution is 0.196. The lowest BCUT2D eigenvalue weighted by Crippen LogP contribution is -2.08. The highest BCUT2D eigenvalue weighted by atomic mass is 79.9. The Kier molecular flexibility index (Phi) is 4.44. The van der Waals surface area contributed by atoms with Gasteiger partial charge in [0.05, 0.1) is 6.10 Å². The predicted octanol–water partition coefficient (Wildman–Crippen LogP) is 3.05. The average Bonchev–Trinajstić information content (AvgIpc) is 2.30. The van der Waals surface area contributed by atoms with E-state index in [0.717, 1.165) is 14.9 Å². The molecule has 0 amide bonds. The minimum Gasteiger partial charge on any atom is -0.389 e. The third kappa shape index (κ3) is 3.68. The van der Waals surface area contributed by atoms with Crippen LogP contribution in [0, 0.1) is 6.92 Å². The largest absolute Gasteiger partial charge is 0.389 e. The second kappa shape index (κ2) is 5.90. The van der Waals surface area contributed by atoms with Crippen LogP contribution in [0.1, 0.15) is 24.3 Å². The standard InChI is InChI=1S/C13H13BrN2O2S/c1-7-5-12(18)16-13(15-7)19-11-4-3-9(14)6-10(11)8(2)17/h3-6,8,17H,1-2H3,(H,15,16,18). The van der Waals surface area contributed by atoms with Crippen molar-refractivity contribution in [2.24, 2.45) is 0 Å². The number of benzene rings is 1. The number of aromatic amines is 1. The Labute approximate surface area is 123 Å². The zero-order chi connectivity index (χ0) is 14.0. The van der Waals surface area contributed by atoms with Gasteiger partial charge in [-0.15, -0.1) is 0 Å². The molecule has 0 saturated heterocycles. The number of hydrogen-bond donors (Lipinski definition) is 2. The van der Waals surface area contributed by atoms with Crippen molar-refractivity contribution in [2.75, 3.05) is 0 Å². The van der Waals surface area contributed by atoms with Crippen LogP contribution in [0.2, 0.25) is 0 Å². The van der Waals surface area contributed by atoms with Crippen LogP contribution in [0.15, 0.2) is 43.6 Å². The van der Waals surface area contributed by atoms with Crippen molar-refractivity contribution in [3.05, 3.63) is 50.3 Å². The molecule has 0 aliphatic rings. The lowest BCUT2D eigenvalue weighted by atomic mass is 10.1. The number of aromatic nitrogens is 2. The van der Waals surface area contributed by atoms with Gasteiger partial charge in [-0.1, -0.05) is 27.7 Å². The Morgan fingerprint density at radius 1 is 1.42 bits per heavy atom. The summed E-state index contributed by atoms with van der Waals surface area (Å²) in [4.78, 5) is 19.2. The van der Waals surface area contributed by atoms with E-state index >= 15 is 0 Å². The van der Waals surface area contributed by atoms with Gasteiger partial charge < -0.3 is 10.1 Å².